The first-order valence-corrected chi connectivity index (χ1v) is 6.85. The second kappa shape index (κ2) is 5.47. The fraction of sp³-hybridized carbons (Fsp3) is 0.438. The molecular formula is C16H23N3. The predicted octanol–water partition coefficient (Wildman–Crippen LogP) is 3.87. The van der Waals surface area contributed by atoms with E-state index in [2.05, 4.69) is 67.0 Å². The minimum absolute atomic E-state index is 0.602. The van der Waals surface area contributed by atoms with Gasteiger partial charge >= 0.3 is 0 Å². The van der Waals surface area contributed by atoms with Gasteiger partial charge in [-0.1, -0.05) is 19.9 Å². The Hall–Kier alpha value is -1.77. The number of imidazole rings is 1. The standard InChI is InChI=1S/C16H23N3/c1-11(2)9-17-16-18-14(5)10-19(16)15-7-6-12(3)13(4)8-15/h6-8,10-11H,9H2,1-5H3,(H,17,18). The molecular weight excluding hydrogens is 234 g/mol. The first kappa shape index (κ1) is 13.7. The number of hydrogen-bond donors (Lipinski definition) is 1. The van der Waals surface area contributed by atoms with Crippen molar-refractivity contribution in [1.29, 1.82) is 0 Å². The molecule has 3 nitrogen and oxygen atoms in total. The normalized spacial score (nSPS) is 11.1. The molecule has 0 spiro atoms. The highest BCUT2D eigenvalue weighted by Crippen LogP contribution is 2.19. The zero-order chi connectivity index (χ0) is 14.0. The van der Waals surface area contributed by atoms with Gasteiger partial charge in [-0.3, -0.25) is 4.57 Å². The van der Waals surface area contributed by atoms with E-state index in [4.69, 9.17) is 0 Å². The van der Waals surface area contributed by atoms with Crippen LogP contribution in [0, 0.1) is 26.7 Å². The predicted molar refractivity (Wildman–Crippen MR) is 81.1 cm³/mol. The maximum Gasteiger partial charge on any atom is 0.207 e. The third-order valence-electron chi connectivity index (χ3n) is 3.26. The van der Waals surface area contributed by atoms with Crippen LogP contribution in [-0.4, -0.2) is 16.1 Å². The average molecular weight is 257 g/mol. The molecule has 0 aliphatic carbocycles. The minimum atomic E-state index is 0.602. The van der Waals surface area contributed by atoms with Gasteiger partial charge in [0.15, 0.2) is 0 Å². The smallest absolute Gasteiger partial charge is 0.207 e. The lowest BCUT2D eigenvalue weighted by Crippen LogP contribution is -2.12. The van der Waals surface area contributed by atoms with Crippen LogP contribution >= 0.6 is 0 Å². The number of rotatable bonds is 4. The Kier molecular flexibility index (Phi) is 3.93. The maximum atomic E-state index is 4.56. The molecule has 0 aliphatic rings. The van der Waals surface area contributed by atoms with E-state index < -0.39 is 0 Å². The largest absolute Gasteiger partial charge is 0.355 e. The number of hydrogen-bond acceptors (Lipinski definition) is 2. The Morgan fingerprint density at radius 2 is 1.89 bits per heavy atom. The van der Waals surface area contributed by atoms with Gasteiger partial charge in [0, 0.05) is 18.4 Å². The van der Waals surface area contributed by atoms with Crippen LogP contribution in [0.5, 0.6) is 0 Å². The molecule has 1 heterocycles. The number of benzene rings is 1. The summed E-state index contributed by atoms with van der Waals surface area (Å²) in [6, 6.07) is 6.51. The molecule has 3 heteroatoms. The van der Waals surface area contributed by atoms with E-state index in [9.17, 15) is 0 Å². The molecule has 0 saturated carbocycles. The van der Waals surface area contributed by atoms with Crippen LogP contribution in [0.25, 0.3) is 5.69 Å². The zero-order valence-corrected chi connectivity index (χ0v) is 12.5. The second-order valence-electron chi connectivity index (χ2n) is 5.62. The lowest BCUT2D eigenvalue weighted by molar-refractivity contribution is 0.683. The van der Waals surface area contributed by atoms with E-state index in [1.165, 1.54) is 11.1 Å². The van der Waals surface area contributed by atoms with Crippen LogP contribution in [0.3, 0.4) is 0 Å². The van der Waals surface area contributed by atoms with Crippen molar-refractivity contribution in [2.75, 3.05) is 11.9 Å². The molecule has 19 heavy (non-hydrogen) atoms. The maximum absolute atomic E-state index is 4.56. The highest BCUT2D eigenvalue weighted by Gasteiger charge is 2.08. The van der Waals surface area contributed by atoms with Gasteiger partial charge in [-0.2, -0.15) is 0 Å². The van der Waals surface area contributed by atoms with Crippen LogP contribution in [-0.2, 0) is 0 Å². The van der Waals surface area contributed by atoms with Crippen LogP contribution in [0.4, 0.5) is 5.95 Å². The fourth-order valence-corrected chi connectivity index (χ4v) is 1.99. The number of nitrogens with zero attached hydrogens (tertiary/aromatic N) is 2. The Bertz CT molecular complexity index is 567. The number of anilines is 1. The molecule has 0 bridgehead atoms. The lowest BCUT2D eigenvalue weighted by Gasteiger charge is -2.12. The van der Waals surface area contributed by atoms with E-state index in [0.29, 0.717) is 5.92 Å². The van der Waals surface area contributed by atoms with Crippen LogP contribution in [0.1, 0.15) is 30.7 Å². The number of nitrogens with one attached hydrogen (secondary N) is 1. The average Bonchev–Trinajstić information content (AvgIpc) is 2.71. The summed E-state index contributed by atoms with van der Waals surface area (Å²) < 4.78 is 2.13. The molecule has 0 saturated heterocycles. The first-order valence-electron chi connectivity index (χ1n) is 6.85. The van der Waals surface area contributed by atoms with E-state index >= 15 is 0 Å². The summed E-state index contributed by atoms with van der Waals surface area (Å²) >= 11 is 0. The van der Waals surface area contributed by atoms with Crippen molar-refractivity contribution in [2.24, 2.45) is 5.92 Å². The fourth-order valence-electron chi connectivity index (χ4n) is 1.99. The van der Waals surface area contributed by atoms with Crippen LogP contribution < -0.4 is 5.32 Å². The van der Waals surface area contributed by atoms with Crippen molar-refractivity contribution in [3.63, 3.8) is 0 Å². The molecule has 0 radical (unpaired) electrons. The third kappa shape index (κ3) is 3.16. The molecule has 102 valence electrons. The number of aromatic nitrogens is 2. The summed E-state index contributed by atoms with van der Waals surface area (Å²) in [6.07, 6.45) is 2.08. The van der Waals surface area contributed by atoms with E-state index in [1.807, 2.05) is 6.92 Å². The molecule has 2 aromatic rings. The van der Waals surface area contributed by atoms with Gasteiger partial charge in [-0.25, -0.2) is 4.98 Å². The zero-order valence-electron chi connectivity index (χ0n) is 12.5. The monoisotopic (exact) mass is 257 g/mol. The summed E-state index contributed by atoms with van der Waals surface area (Å²) in [7, 11) is 0. The summed E-state index contributed by atoms with van der Waals surface area (Å²) in [6.45, 7) is 11.6. The second-order valence-corrected chi connectivity index (χ2v) is 5.62. The quantitative estimate of drug-likeness (QED) is 0.901. The Morgan fingerprint density at radius 1 is 1.16 bits per heavy atom. The molecule has 0 aliphatic heterocycles. The molecule has 2 rings (SSSR count). The highest BCUT2D eigenvalue weighted by molar-refractivity contribution is 5.46. The summed E-state index contributed by atoms with van der Waals surface area (Å²) in [5.74, 6) is 1.53. The van der Waals surface area contributed by atoms with Gasteiger partial charge in [0.2, 0.25) is 5.95 Å². The molecule has 1 aromatic carbocycles. The van der Waals surface area contributed by atoms with Gasteiger partial charge in [-0.05, 0) is 49.9 Å². The SMILES string of the molecule is Cc1cn(-c2ccc(C)c(C)c2)c(NCC(C)C)n1. The Morgan fingerprint density at radius 3 is 2.53 bits per heavy atom. The van der Waals surface area contributed by atoms with Gasteiger partial charge in [0.25, 0.3) is 0 Å². The Balaban J connectivity index is 2.35. The van der Waals surface area contributed by atoms with E-state index in [0.717, 1.165) is 23.9 Å². The van der Waals surface area contributed by atoms with Crippen molar-refractivity contribution in [3.8, 4) is 5.69 Å². The van der Waals surface area contributed by atoms with Crippen LogP contribution in [0.2, 0.25) is 0 Å². The lowest BCUT2D eigenvalue weighted by atomic mass is 10.1. The van der Waals surface area contributed by atoms with E-state index in [-0.39, 0.29) is 0 Å². The molecule has 1 aromatic heterocycles. The summed E-state index contributed by atoms with van der Waals surface area (Å²) in [5.41, 5.74) is 4.82. The third-order valence-corrected chi connectivity index (χ3v) is 3.26. The van der Waals surface area contributed by atoms with Gasteiger partial charge < -0.3 is 5.32 Å². The molecule has 1 N–H and O–H groups in total. The van der Waals surface area contributed by atoms with Crippen molar-refractivity contribution in [2.45, 2.75) is 34.6 Å². The van der Waals surface area contributed by atoms with Crippen molar-refractivity contribution in [1.82, 2.24) is 9.55 Å². The van der Waals surface area contributed by atoms with E-state index in [1.54, 1.807) is 0 Å². The summed E-state index contributed by atoms with van der Waals surface area (Å²) in [5, 5.41) is 3.42. The highest BCUT2D eigenvalue weighted by atomic mass is 15.2. The van der Waals surface area contributed by atoms with Gasteiger partial charge in [0.05, 0.1) is 5.69 Å². The minimum Gasteiger partial charge on any atom is -0.355 e. The van der Waals surface area contributed by atoms with Crippen molar-refractivity contribution < 1.29 is 0 Å². The molecule has 0 unspecified atom stereocenters. The summed E-state index contributed by atoms with van der Waals surface area (Å²) in [4.78, 5) is 4.56. The first-order chi connectivity index (χ1) is 8.97. The molecule has 0 fully saturated rings. The van der Waals surface area contributed by atoms with Crippen molar-refractivity contribution in [3.05, 3.63) is 41.2 Å². The van der Waals surface area contributed by atoms with Gasteiger partial charge in [-0.15, -0.1) is 0 Å². The Labute approximate surface area is 115 Å². The molecule has 0 atom stereocenters. The van der Waals surface area contributed by atoms with Gasteiger partial charge in [0.1, 0.15) is 0 Å². The van der Waals surface area contributed by atoms with Crippen molar-refractivity contribution >= 4 is 5.95 Å². The molecule has 0 amide bonds. The topological polar surface area (TPSA) is 29.9 Å². The van der Waals surface area contributed by atoms with Crippen LogP contribution in [0.15, 0.2) is 24.4 Å². The number of aryl methyl sites for hydroxylation is 3.